The minimum atomic E-state index is -0.364. The Hall–Kier alpha value is -4.48. The molecule has 0 bridgehead atoms. The molecule has 1 fully saturated rings. The van der Waals surface area contributed by atoms with Gasteiger partial charge in [-0.2, -0.15) is 0 Å². The van der Waals surface area contributed by atoms with E-state index in [2.05, 4.69) is 26.3 Å². The first kappa shape index (κ1) is 27.7. The number of aryl methyl sites for hydroxylation is 1. The number of nitrogens with zero attached hydrogens (tertiary/aromatic N) is 2. The van der Waals surface area contributed by atoms with E-state index >= 15 is 0 Å². The van der Waals surface area contributed by atoms with E-state index in [0.717, 1.165) is 42.4 Å². The Bertz CT molecular complexity index is 1660. The molecule has 1 saturated carbocycles. The predicted molar refractivity (Wildman–Crippen MR) is 164 cm³/mol. The fourth-order valence-corrected chi connectivity index (χ4v) is 6.70. The van der Waals surface area contributed by atoms with Gasteiger partial charge in [-0.3, -0.25) is 14.5 Å². The molecule has 10 nitrogen and oxygen atoms in total. The van der Waals surface area contributed by atoms with Crippen LogP contribution in [0.2, 0.25) is 0 Å². The second kappa shape index (κ2) is 11.8. The maximum atomic E-state index is 13.6. The van der Waals surface area contributed by atoms with Crippen molar-refractivity contribution in [3.8, 4) is 11.5 Å². The Morgan fingerprint density at radius 3 is 2.52 bits per heavy atom. The van der Waals surface area contributed by atoms with Gasteiger partial charge in [-0.1, -0.05) is 31.0 Å². The van der Waals surface area contributed by atoms with Crippen LogP contribution in [0.3, 0.4) is 0 Å². The van der Waals surface area contributed by atoms with E-state index in [-0.39, 0.29) is 36.5 Å². The van der Waals surface area contributed by atoms with E-state index < -0.39 is 0 Å². The van der Waals surface area contributed by atoms with Crippen molar-refractivity contribution in [3.63, 3.8) is 0 Å². The lowest BCUT2D eigenvalue weighted by molar-refractivity contribution is -0.121. The number of para-hydroxylation sites is 1. The van der Waals surface area contributed by atoms with E-state index in [1.807, 2.05) is 55.5 Å². The van der Waals surface area contributed by atoms with E-state index in [9.17, 15) is 14.4 Å². The Morgan fingerprint density at radius 2 is 1.79 bits per heavy atom. The maximum absolute atomic E-state index is 13.6. The van der Waals surface area contributed by atoms with Crippen molar-refractivity contribution >= 4 is 56.5 Å². The second-order valence-corrected chi connectivity index (χ2v) is 11.5. The quantitative estimate of drug-likeness (QED) is 0.218. The van der Waals surface area contributed by atoms with E-state index in [1.165, 1.54) is 11.3 Å². The largest absolute Gasteiger partial charge is 0.457 e. The topological polar surface area (TPSA) is 125 Å². The number of anilines is 3. The van der Waals surface area contributed by atoms with Gasteiger partial charge < -0.3 is 26.0 Å². The average molecular weight is 585 g/mol. The van der Waals surface area contributed by atoms with Crippen molar-refractivity contribution in [2.75, 3.05) is 23.8 Å². The number of rotatable bonds is 8. The molecule has 0 spiro atoms. The SMILES string of the molecule is CNCC(=O)N[C@@H]1CCCC[C@@H]1NC(=O)c1sc2nccc3c2c1NC(=O)N3c1ccc(Oc2ccccc2)cc1C. The fraction of sp³-hybridized carbons (Fsp3) is 0.290. The van der Waals surface area contributed by atoms with Gasteiger partial charge in [0, 0.05) is 18.3 Å². The minimum absolute atomic E-state index is 0.100. The summed E-state index contributed by atoms with van der Waals surface area (Å²) in [6.45, 7) is 2.15. The van der Waals surface area contributed by atoms with Gasteiger partial charge in [-0.15, -0.1) is 11.3 Å². The van der Waals surface area contributed by atoms with Crippen LogP contribution in [0.25, 0.3) is 10.2 Å². The summed E-state index contributed by atoms with van der Waals surface area (Å²) in [6, 6.07) is 16.2. The number of pyridine rings is 1. The maximum Gasteiger partial charge on any atom is 0.331 e. The summed E-state index contributed by atoms with van der Waals surface area (Å²) in [5.74, 6) is 1.01. The van der Waals surface area contributed by atoms with Gasteiger partial charge in [0.2, 0.25) is 5.91 Å². The third-order valence-electron chi connectivity index (χ3n) is 7.61. The highest BCUT2D eigenvalue weighted by Crippen LogP contribution is 2.46. The summed E-state index contributed by atoms with van der Waals surface area (Å²) in [6.07, 6.45) is 5.17. The summed E-state index contributed by atoms with van der Waals surface area (Å²) in [4.78, 5) is 46.6. The van der Waals surface area contributed by atoms with Crippen LogP contribution in [0.5, 0.6) is 11.5 Å². The van der Waals surface area contributed by atoms with Crippen LogP contribution < -0.4 is 30.9 Å². The van der Waals surface area contributed by atoms with Gasteiger partial charge in [-0.25, -0.2) is 9.78 Å². The van der Waals surface area contributed by atoms with Crippen LogP contribution in [0.15, 0.2) is 60.8 Å². The number of amides is 4. The standard InChI is InChI=1S/C31H32N6O4S/c1-18-16-20(41-19-8-4-3-5-9-19)12-13-23(18)37-24-14-15-33-30-26(24)27(36-31(37)40)28(42-30)29(39)35-22-11-7-6-10-21(22)34-25(38)17-32-2/h3-5,8-9,12-16,21-22,32H,6-7,10-11,17H2,1-2H3,(H,34,38)(H,35,39)(H,36,40)/t21-,22+/m1/s1. The minimum Gasteiger partial charge on any atom is -0.457 e. The number of aromatic nitrogens is 1. The first-order valence-electron chi connectivity index (χ1n) is 14.0. The first-order chi connectivity index (χ1) is 20.4. The Morgan fingerprint density at radius 1 is 1.02 bits per heavy atom. The van der Waals surface area contributed by atoms with Crippen LogP contribution in [0, 0.1) is 6.92 Å². The van der Waals surface area contributed by atoms with Crippen molar-refractivity contribution in [1.82, 2.24) is 20.9 Å². The lowest BCUT2D eigenvalue weighted by Gasteiger charge is -2.33. The lowest BCUT2D eigenvalue weighted by atomic mass is 9.90. The number of hydrogen-bond donors (Lipinski definition) is 4. The van der Waals surface area contributed by atoms with Crippen molar-refractivity contribution < 1.29 is 19.1 Å². The Labute approximate surface area is 247 Å². The normalized spacial score (nSPS) is 18.0. The summed E-state index contributed by atoms with van der Waals surface area (Å²) >= 11 is 1.25. The molecule has 0 radical (unpaired) electrons. The molecule has 4 aromatic rings. The van der Waals surface area contributed by atoms with E-state index in [0.29, 0.717) is 32.5 Å². The van der Waals surface area contributed by atoms with Crippen molar-refractivity contribution in [1.29, 1.82) is 0 Å². The fourth-order valence-electron chi connectivity index (χ4n) is 5.68. The predicted octanol–water partition coefficient (Wildman–Crippen LogP) is 5.46. The molecule has 4 N–H and O–H groups in total. The molecule has 1 aliphatic carbocycles. The third-order valence-corrected chi connectivity index (χ3v) is 8.70. The van der Waals surface area contributed by atoms with Gasteiger partial charge in [0.25, 0.3) is 5.91 Å². The average Bonchev–Trinajstić information content (AvgIpc) is 3.35. The zero-order valence-electron chi connectivity index (χ0n) is 23.4. The summed E-state index contributed by atoms with van der Waals surface area (Å²) in [5, 5.41) is 12.7. The molecule has 4 amide bonds. The number of carbonyl (C=O) groups excluding carboxylic acids is 3. The number of nitrogens with one attached hydrogen (secondary N) is 4. The molecule has 3 heterocycles. The number of thiophene rings is 1. The molecular weight excluding hydrogens is 552 g/mol. The zero-order valence-corrected chi connectivity index (χ0v) is 24.2. The second-order valence-electron chi connectivity index (χ2n) is 10.5. The summed E-state index contributed by atoms with van der Waals surface area (Å²) in [7, 11) is 1.72. The molecule has 6 rings (SSSR count). The highest BCUT2D eigenvalue weighted by atomic mass is 32.1. The van der Waals surface area contributed by atoms with Gasteiger partial charge in [0.15, 0.2) is 0 Å². The third kappa shape index (κ3) is 5.40. The molecule has 2 aromatic carbocycles. The van der Waals surface area contributed by atoms with Crippen LogP contribution in [0.1, 0.15) is 40.9 Å². The number of likely N-dealkylation sites (N-methyl/N-ethyl adjacent to an activating group) is 1. The lowest BCUT2D eigenvalue weighted by Crippen LogP contribution is -2.54. The zero-order chi connectivity index (χ0) is 29.2. The van der Waals surface area contributed by atoms with Crippen LogP contribution in [-0.2, 0) is 4.79 Å². The molecule has 42 heavy (non-hydrogen) atoms. The molecule has 1 aliphatic heterocycles. The van der Waals surface area contributed by atoms with Crippen molar-refractivity contribution in [2.24, 2.45) is 0 Å². The molecule has 11 heteroatoms. The molecule has 0 saturated heterocycles. The van der Waals surface area contributed by atoms with Crippen molar-refractivity contribution in [3.05, 3.63) is 71.2 Å². The van der Waals surface area contributed by atoms with Crippen LogP contribution in [0.4, 0.5) is 21.9 Å². The number of urea groups is 1. The van der Waals surface area contributed by atoms with Gasteiger partial charge in [0.05, 0.1) is 29.0 Å². The van der Waals surface area contributed by atoms with Gasteiger partial charge >= 0.3 is 6.03 Å². The smallest absolute Gasteiger partial charge is 0.331 e. The Balaban J connectivity index is 1.28. The number of hydrogen-bond acceptors (Lipinski definition) is 7. The number of benzene rings is 2. The van der Waals surface area contributed by atoms with Crippen molar-refractivity contribution in [2.45, 2.75) is 44.7 Å². The molecule has 2 aliphatic rings. The number of ether oxygens (including phenoxy) is 1. The van der Waals surface area contributed by atoms with Crippen LogP contribution in [-0.4, -0.2) is 48.5 Å². The molecule has 216 valence electrons. The highest BCUT2D eigenvalue weighted by molar-refractivity contribution is 7.21. The van der Waals surface area contributed by atoms with E-state index in [4.69, 9.17) is 4.74 Å². The molecule has 2 atom stereocenters. The van der Waals surface area contributed by atoms with Crippen LogP contribution >= 0.6 is 11.3 Å². The Kier molecular flexibility index (Phi) is 7.77. The molecular formula is C31H32N6O4S. The summed E-state index contributed by atoms with van der Waals surface area (Å²) < 4.78 is 5.98. The van der Waals surface area contributed by atoms with E-state index in [1.54, 1.807) is 24.2 Å². The highest BCUT2D eigenvalue weighted by Gasteiger charge is 2.35. The monoisotopic (exact) mass is 584 g/mol. The number of carbonyl (C=O) groups is 3. The summed E-state index contributed by atoms with van der Waals surface area (Å²) in [5.41, 5.74) is 2.67. The molecule has 0 unspecified atom stereocenters. The van der Waals surface area contributed by atoms with Gasteiger partial charge in [0.1, 0.15) is 21.2 Å². The first-order valence-corrected chi connectivity index (χ1v) is 14.9. The van der Waals surface area contributed by atoms with Gasteiger partial charge in [-0.05, 0) is 68.8 Å². The molecule has 2 aromatic heterocycles.